The Labute approximate surface area is 181 Å². The molecule has 0 fully saturated rings. The van der Waals surface area contributed by atoms with E-state index in [0.717, 1.165) is 26.5 Å². The molecule has 0 atom stereocenters. The Morgan fingerprint density at radius 3 is 2.70 bits per heavy atom. The Morgan fingerprint density at radius 2 is 1.90 bits per heavy atom. The molecule has 0 spiro atoms. The van der Waals surface area contributed by atoms with Crippen LogP contribution in [0.4, 0.5) is 17.6 Å². The fraction of sp³-hybridized carbons (Fsp3) is 0.250. The molecule has 0 amide bonds. The number of anilines is 3. The van der Waals surface area contributed by atoms with Gasteiger partial charge in [-0.3, -0.25) is 4.79 Å². The molecule has 4 rings (SSSR count). The van der Waals surface area contributed by atoms with Crippen LogP contribution in [0.5, 0.6) is 0 Å². The van der Waals surface area contributed by atoms with Crippen LogP contribution < -0.4 is 16.6 Å². The molecule has 0 bridgehead atoms. The third-order valence-corrected chi connectivity index (χ3v) is 6.69. The molecule has 10 heteroatoms. The molecule has 3 aromatic heterocycles. The summed E-state index contributed by atoms with van der Waals surface area (Å²) in [4.78, 5) is 34.6. The number of benzene rings is 1. The topological polar surface area (TPSA) is 122 Å². The van der Waals surface area contributed by atoms with E-state index in [9.17, 15) is 4.79 Å². The van der Waals surface area contributed by atoms with Crippen molar-refractivity contribution < 1.29 is 0 Å². The molecule has 0 aliphatic heterocycles. The lowest BCUT2D eigenvalue weighted by Crippen LogP contribution is -2.11. The van der Waals surface area contributed by atoms with E-state index in [1.807, 2.05) is 45.0 Å². The fourth-order valence-electron chi connectivity index (χ4n) is 3.00. The molecule has 154 valence electrons. The highest BCUT2D eigenvalue weighted by Crippen LogP contribution is 2.26. The number of nitrogens with zero attached hydrogens (tertiary/aromatic N) is 4. The quantitative estimate of drug-likeness (QED) is 0.414. The molecule has 3 heterocycles. The van der Waals surface area contributed by atoms with Crippen molar-refractivity contribution >= 4 is 50.9 Å². The molecule has 0 aliphatic carbocycles. The summed E-state index contributed by atoms with van der Waals surface area (Å²) in [7, 11) is 0. The zero-order chi connectivity index (χ0) is 21.3. The van der Waals surface area contributed by atoms with E-state index in [0.29, 0.717) is 34.5 Å². The molecular weight excluding hydrogens is 418 g/mol. The highest BCUT2D eigenvalue weighted by atomic mass is 32.2. The SMILES string of the molecule is Cc1ccccc1Nc1nc(N)nc(CSCc2nc3sc(C)c(C)c3c(=O)[nH]2)n1. The van der Waals surface area contributed by atoms with Gasteiger partial charge in [-0.25, -0.2) is 4.98 Å². The molecule has 0 radical (unpaired) electrons. The van der Waals surface area contributed by atoms with Gasteiger partial charge in [0, 0.05) is 10.6 Å². The zero-order valence-corrected chi connectivity index (χ0v) is 18.4. The average molecular weight is 440 g/mol. The fourth-order valence-corrected chi connectivity index (χ4v) is 4.79. The number of rotatable bonds is 6. The minimum absolute atomic E-state index is 0.0911. The lowest BCUT2D eigenvalue weighted by atomic mass is 10.2. The van der Waals surface area contributed by atoms with Gasteiger partial charge in [-0.2, -0.15) is 15.0 Å². The number of nitrogens with two attached hydrogens (primary N) is 1. The van der Waals surface area contributed by atoms with E-state index in [2.05, 4.69) is 30.2 Å². The first-order valence-electron chi connectivity index (χ1n) is 9.30. The zero-order valence-electron chi connectivity index (χ0n) is 16.8. The van der Waals surface area contributed by atoms with Gasteiger partial charge in [0.15, 0.2) is 0 Å². The Kier molecular flexibility index (Phi) is 5.69. The Balaban J connectivity index is 1.46. The normalized spacial score (nSPS) is 11.2. The van der Waals surface area contributed by atoms with Crippen molar-refractivity contribution in [3.63, 3.8) is 0 Å². The Morgan fingerprint density at radius 1 is 1.10 bits per heavy atom. The maximum absolute atomic E-state index is 12.4. The number of thioether (sulfide) groups is 1. The molecule has 30 heavy (non-hydrogen) atoms. The van der Waals surface area contributed by atoms with E-state index < -0.39 is 0 Å². The number of thiophene rings is 1. The van der Waals surface area contributed by atoms with Crippen molar-refractivity contribution in [2.45, 2.75) is 32.3 Å². The number of nitrogens with one attached hydrogen (secondary N) is 2. The third kappa shape index (κ3) is 4.29. The molecule has 0 aliphatic rings. The molecule has 4 aromatic rings. The number of hydrogen-bond acceptors (Lipinski definition) is 9. The maximum Gasteiger partial charge on any atom is 0.259 e. The van der Waals surface area contributed by atoms with Crippen LogP contribution in [0, 0.1) is 20.8 Å². The van der Waals surface area contributed by atoms with Crippen molar-refractivity contribution in [2.75, 3.05) is 11.1 Å². The number of aromatic amines is 1. The van der Waals surface area contributed by atoms with Crippen molar-refractivity contribution in [1.29, 1.82) is 0 Å². The summed E-state index contributed by atoms with van der Waals surface area (Å²) in [6, 6.07) is 7.87. The second-order valence-electron chi connectivity index (χ2n) is 6.84. The van der Waals surface area contributed by atoms with Gasteiger partial charge in [-0.15, -0.1) is 23.1 Å². The van der Waals surface area contributed by atoms with Crippen molar-refractivity contribution in [3.05, 3.63) is 62.3 Å². The monoisotopic (exact) mass is 439 g/mol. The number of H-pyrrole nitrogens is 1. The van der Waals surface area contributed by atoms with Gasteiger partial charge in [-0.05, 0) is 38.0 Å². The van der Waals surface area contributed by atoms with E-state index in [1.54, 1.807) is 23.1 Å². The summed E-state index contributed by atoms with van der Waals surface area (Å²) in [5.74, 6) is 2.82. The summed E-state index contributed by atoms with van der Waals surface area (Å²) in [5.41, 5.74) is 8.76. The predicted octanol–water partition coefficient (Wildman–Crippen LogP) is 3.85. The number of nitrogen functional groups attached to an aromatic ring is 1. The van der Waals surface area contributed by atoms with Crippen LogP contribution in [-0.2, 0) is 11.5 Å². The largest absolute Gasteiger partial charge is 0.368 e. The van der Waals surface area contributed by atoms with Gasteiger partial charge in [0.1, 0.15) is 16.5 Å². The van der Waals surface area contributed by atoms with Gasteiger partial charge in [0.2, 0.25) is 11.9 Å². The van der Waals surface area contributed by atoms with Crippen LogP contribution in [-0.4, -0.2) is 24.9 Å². The minimum Gasteiger partial charge on any atom is -0.368 e. The summed E-state index contributed by atoms with van der Waals surface area (Å²) >= 11 is 3.10. The molecule has 0 saturated carbocycles. The molecule has 8 nitrogen and oxygen atoms in total. The molecule has 4 N–H and O–H groups in total. The molecule has 1 aromatic carbocycles. The van der Waals surface area contributed by atoms with Crippen molar-refractivity contribution in [2.24, 2.45) is 0 Å². The molecule has 0 unspecified atom stereocenters. The first-order chi connectivity index (χ1) is 14.4. The van der Waals surface area contributed by atoms with Crippen molar-refractivity contribution in [3.8, 4) is 0 Å². The Hall–Kier alpha value is -2.98. The van der Waals surface area contributed by atoms with E-state index in [-0.39, 0.29) is 11.5 Å². The first-order valence-corrected chi connectivity index (χ1v) is 11.3. The predicted molar refractivity (Wildman–Crippen MR) is 123 cm³/mol. The van der Waals surface area contributed by atoms with Gasteiger partial charge >= 0.3 is 0 Å². The summed E-state index contributed by atoms with van der Waals surface area (Å²) in [6.45, 7) is 5.96. The van der Waals surface area contributed by atoms with E-state index >= 15 is 0 Å². The standard InChI is InChI=1S/C20H21N7OS2/c1-10-6-4-5-7-13(10)22-20-26-15(25-19(21)27-20)9-29-8-14-23-17(28)16-11(2)12(3)30-18(16)24-14/h4-7H,8-9H2,1-3H3,(H,23,24,28)(H3,21,22,25,26,27). The number of hydrogen-bond donors (Lipinski definition) is 3. The van der Waals surface area contributed by atoms with E-state index in [1.165, 1.54) is 0 Å². The van der Waals surface area contributed by atoms with Crippen LogP contribution in [0.1, 0.15) is 27.7 Å². The van der Waals surface area contributed by atoms with Crippen LogP contribution in [0.15, 0.2) is 29.1 Å². The third-order valence-electron chi connectivity index (χ3n) is 4.65. The summed E-state index contributed by atoms with van der Waals surface area (Å²) < 4.78 is 0. The highest BCUT2D eigenvalue weighted by molar-refractivity contribution is 7.97. The van der Waals surface area contributed by atoms with Crippen LogP contribution in [0.3, 0.4) is 0 Å². The van der Waals surface area contributed by atoms with Crippen LogP contribution >= 0.6 is 23.1 Å². The molecule has 0 saturated heterocycles. The number of para-hydroxylation sites is 1. The number of aromatic nitrogens is 5. The smallest absolute Gasteiger partial charge is 0.259 e. The highest BCUT2D eigenvalue weighted by Gasteiger charge is 2.12. The first kappa shape index (κ1) is 20.3. The molecular formula is C20H21N7OS2. The second-order valence-corrected chi connectivity index (χ2v) is 9.03. The van der Waals surface area contributed by atoms with Gasteiger partial charge in [0.05, 0.1) is 16.9 Å². The van der Waals surface area contributed by atoms with Crippen LogP contribution in [0.25, 0.3) is 10.2 Å². The van der Waals surface area contributed by atoms with E-state index in [4.69, 9.17) is 5.73 Å². The lowest BCUT2D eigenvalue weighted by Gasteiger charge is -2.09. The lowest BCUT2D eigenvalue weighted by molar-refractivity contribution is 0.978. The Bertz CT molecular complexity index is 1280. The summed E-state index contributed by atoms with van der Waals surface area (Å²) in [5, 5.41) is 3.87. The number of fused-ring (bicyclic) bond motifs is 1. The van der Waals surface area contributed by atoms with Gasteiger partial charge in [0.25, 0.3) is 5.56 Å². The van der Waals surface area contributed by atoms with Gasteiger partial charge in [-0.1, -0.05) is 18.2 Å². The number of aryl methyl sites for hydroxylation is 3. The summed E-state index contributed by atoms with van der Waals surface area (Å²) in [6.07, 6.45) is 0. The average Bonchev–Trinajstić information content (AvgIpc) is 2.97. The van der Waals surface area contributed by atoms with Crippen molar-refractivity contribution in [1.82, 2.24) is 24.9 Å². The van der Waals surface area contributed by atoms with Crippen LogP contribution in [0.2, 0.25) is 0 Å². The second kappa shape index (κ2) is 8.41. The van der Waals surface area contributed by atoms with Gasteiger partial charge < -0.3 is 16.0 Å². The maximum atomic E-state index is 12.4. The minimum atomic E-state index is -0.0911.